The number of carbonyl (C=O) groups is 1. The SMILES string of the molecule is Cl.O=C(Cl)c1ccccc1OCCN1CCCCC1. The largest absolute Gasteiger partial charge is 0.491 e. The van der Waals surface area contributed by atoms with Gasteiger partial charge in [-0.2, -0.15) is 0 Å². The molecule has 3 nitrogen and oxygen atoms in total. The summed E-state index contributed by atoms with van der Waals surface area (Å²) in [5.74, 6) is 0.578. The number of rotatable bonds is 5. The van der Waals surface area contributed by atoms with Crippen LogP contribution in [0.15, 0.2) is 24.3 Å². The molecule has 5 heteroatoms. The van der Waals surface area contributed by atoms with Crippen LogP contribution in [0.5, 0.6) is 5.75 Å². The van der Waals surface area contributed by atoms with Crippen LogP contribution in [0.2, 0.25) is 0 Å². The number of hydrogen-bond donors (Lipinski definition) is 0. The Morgan fingerprint density at radius 3 is 2.58 bits per heavy atom. The maximum absolute atomic E-state index is 11.2. The van der Waals surface area contributed by atoms with E-state index in [0.29, 0.717) is 17.9 Å². The number of piperidine rings is 1. The van der Waals surface area contributed by atoms with Gasteiger partial charge in [0.1, 0.15) is 12.4 Å². The minimum absolute atomic E-state index is 0. The van der Waals surface area contributed by atoms with Crippen molar-refractivity contribution in [2.24, 2.45) is 0 Å². The number of ether oxygens (including phenoxy) is 1. The lowest BCUT2D eigenvalue weighted by Gasteiger charge is -2.26. The van der Waals surface area contributed by atoms with E-state index in [1.807, 2.05) is 6.07 Å². The first kappa shape index (κ1) is 16.3. The van der Waals surface area contributed by atoms with Gasteiger partial charge in [-0.3, -0.25) is 9.69 Å². The highest BCUT2D eigenvalue weighted by Crippen LogP contribution is 2.19. The van der Waals surface area contributed by atoms with Gasteiger partial charge in [0.2, 0.25) is 0 Å². The molecule has 2 rings (SSSR count). The number of nitrogens with zero attached hydrogens (tertiary/aromatic N) is 1. The van der Waals surface area contributed by atoms with Gasteiger partial charge >= 0.3 is 0 Å². The van der Waals surface area contributed by atoms with Crippen LogP contribution < -0.4 is 4.74 Å². The minimum atomic E-state index is -0.469. The fourth-order valence-corrected chi connectivity index (χ4v) is 2.38. The zero-order chi connectivity index (χ0) is 12.8. The summed E-state index contributed by atoms with van der Waals surface area (Å²) in [6.45, 7) is 3.81. The van der Waals surface area contributed by atoms with E-state index in [1.165, 1.54) is 19.3 Å². The van der Waals surface area contributed by atoms with E-state index in [4.69, 9.17) is 16.3 Å². The van der Waals surface area contributed by atoms with Gasteiger partial charge in [0.25, 0.3) is 5.24 Å². The molecule has 1 saturated heterocycles. The van der Waals surface area contributed by atoms with E-state index in [1.54, 1.807) is 18.2 Å². The predicted molar refractivity (Wildman–Crippen MR) is 79.7 cm³/mol. The Morgan fingerprint density at radius 2 is 1.89 bits per heavy atom. The zero-order valence-corrected chi connectivity index (χ0v) is 12.4. The number of benzene rings is 1. The molecule has 0 amide bonds. The van der Waals surface area contributed by atoms with Crippen LogP contribution in [0.4, 0.5) is 0 Å². The van der Waals surface area contributed by atoms with Gasteiger partial charge in [0.05, 0.1) is 5.56 Å². The molecule has 0 unspecified atom stereocenters. The summed E-state index contributed by atoms with van der Waals surface area (Å²) < 4.78 is 5.65. The first-order valence-electron chi connectivity index (χ1n) is 6.41. The Bertz CT molecular complexity index is 406. The average Bonchev–Trinajstić information content (AvgIpc) is 2.40. The van der Waals surface area contributed by atoms with Gasteiger partial charge in [-0.25, -0.2) is 0 Å². The van der Waals surface area contributed by atoms with Gasteiger partial charge in [-0.1, -0.05) is 18.6 Å². The van der Waals surface area contributed by atoms with E-state index >= 15 is 0 Å². The molecule has 1 aromatic rings. The van der Waals surface area contributed by atoms with Gasteiger partial charge < -0.3 is 4.74 Å². The number of para-hydroxylation sites is 1. The van der Waals surface area contributed by atoms with Gasteiger partial charge in [0.15, 0.2) is 0 Å². The van der Waals surface area contributed by atoms with Crippen molar-refractivity contribution in [1.29, 1.82) is 0 Å². The van der Waals surface area contributed by atoms with Crippen molar-refractivity contribution in [2.45, 2.75) is 19.3 Å². The topological polar surface area (TPSA) is 29.5 Å². The quantitative estimate of drug-likeness (QED) is 0.781. The molecule has 0 spiro atoms. The third kappa shape index (κ3) is 5.01. The fourth-order valence-electron chi connectivity index (χ4n) is 2.22. The molecular weight excluding hydrogens is 285 g/mol. The molecular formula is C14H19Cl2NO2. The normalized spacial score (nSPS) is 15.6. The summed E-state index contributed by atoms with van der Waals surface area (Å²) in [6, 6.07) is 7.10. The van der Waals surface area contributed by atoms with Crippen LogP contribution in [0.3, 0.4) is 0 Å². The third-order valence-electron chi connectivity index (χ3n) is 3.21. The van der Waals surface area contributed by atoms with Crippen LogP contribution in [-0.4, -0.2) is 36.4 Å². The lowest BCUT2D eigenvalue weighted by atomic mass is 10.1. The second kappa shape index (κ2) is 8.41. The Morgan fingerprint density at radius 1 is 1.21 bits per heavy atom. The molecule has 0 saturated carbocycles. The standard InChI is InChI=1S/C14H18ClNO2.ClH/c15-14(17)12-6-2-3-7-13(12)18-11-10-16-8-4-1-5-9-16;/h2-3,6-7H,1,4-5,8-11H2;1H. The van der Waals surface area contributed by atoms with Crippen molar-refractivity contribution >= 4 is 29.3 Å². The first-order valence-corrected chi connectivity index (χ1v) is 6.79. The van der Waals surface area contributed by atoms with E-state index in [0.717, 1.165) is 19.6 Å². The predicted octanol–water partition coefficient (Wildman–Crippen LogP) is 3.35. The minimum Gasteiger partial charge on any atom is -0.491 e. The van der Waals surface area contributed by atoms with E-state index < -0.39 is 5.24 Å². The molecule has 1 aliphatic heterocycles. The summed E-state index contributed by atoms with van der Waals surface area (Å²) in [5.41, 5.74) is 0.442. The lowest BCUT2D eigenvalue weighted by molar-refractivity contribution is 0.107. The number of likely N-dealkylation sites (tertiary alicyclic amines) is 1. The molecule has 0 radical (unpaired) electrons. The molecule has 1 aliphatic rings. The Labute approximate surface area is 125 Å². The van der Waals surface area contributed by atoms with E-state index in [9.17, 15) is 4.79 Å². The highest BCUT2D eigenvalue weighted by molar-refractivity contribution is 6.68. The summed E-state index contributed by atoms with van der Waals surface area (Å²) >= 11 is 5.51. The molecule has 0 N–H and O–H groups in total. The van der Waals surface area contributed by atoms with Crippen LogP contribution in [0, 0.1) is 0 Å². The first-order chi connectivity index (χ1) is 8.77. The number of hydrogen-bond acceptors (Lipinski definition) is 3. The zero-order valence-electron chi connectivity index (χ0n) is 10.8. The smallest absolute Gasteiger partial charge is 0.256 e. The molecule has 0 aliphatic carbocycles. The van der Waals surface area contributed by atoms with Crippen molar-refractivity contribution in [3.63, 3.8) is 0 Å². The highest BCUT2D eigenvalue weighted by Gasteiger charge is 2.12. The molecule has 1 heterocycles. The van der Waals surface area contributed by atoms with Gasteiger partial charge in [-0.05, 0) is 49.7 Å². The highest BCUT2D eigenvalue weighted by atomic mass is 35.5. The summed E-state index contributed by atoms with van der Waals surface area (Å²) in [6.07, 6.45) is 3.88. The molecule has 1 aromatic carbocycles. The molecule has 1 fully saturated rings. The Kier molecular flexibility index (Phi) is 7.21. The monoisotopic (exact) mass is 303 g/mol. The third-order valence-corrected chi connectivity index (χ3v) is 3.42. The van der Waals surface area contributed by atoms with Crippen molar-refractivity contribution in [2.75, 3.05) is 26.2 Å². The maximum atomic E-state index is 11.2. The van der Waals surface area contributed by atoms with Crippen molar-refractivity contribution < 1.29 is 9.53 Å². The fraction of sp³-hybridized carbons (Fsp3) is 0.500. The summed E-state index contributed by atoms with van der Waals surface area (Å²) in [4.78, 5) is 13.6. The lowest BCUT2D eigenvalue weighted by Crippen LogP contribution is -2.33. The van der Waals surface area contributed by atoms with Crippen LogP contribution in [0.1, 0.15) is 29.6 Å². The molecule has 0 atom stereocenters. The number of halogens is 2. The Balaban J connectivity index is 0.00000180. The molecule has 19 heavy (non-hydrogen) atoms. The maximum Gasteiger partial charge on any atom is 0.256 e. The van der Waals surface area contributed by atoms with E-state index in [-0.39, 0.29) is 12.4 Å². The van der Waals surface area contributed by atoms with Crippen molar-refractivity contribution in [3.8, 4) is 5.75 Å². The van der Waals surface area contributed by atoms with Crippen LogP contribution >= 0.6 is 24.0 Å². The van der Waals surface area contributed by atoms with Crippen molar-refractivity contribution in [1.82, 2.24) is 4.90 Å². The van der Waals surface area contributed by atoms with E-state index in [2.05, 4.69) is 4.90 Å². The van der Waals surface area contributed by atoms with Crippen molar-refractivity contribution in [3.05, 3.63) is 29.8 Å². The van der Waals surface area contributed by atoms with Gasteiger partial charge in [0, 0.05) is 6.54 Å². The van der Waals surface area contributed by atoms with Gasteiger partial charge in [-0.15, -0.1) is 12.4 Å². The van der Waals surface area contributed by atoms with Crippen LogP contribution in [-0.2, 0) is 0 Å². The number of carbonyl (C=O) groups excluding carboxylic acids is 1. The summed E-state index contributed by atoms with van der Waals surface area (Å²) in [7, 11) is 0. The summed E-state index contributed by atoms with van der Waals surface area (Å²) in [5, 5.41) is -0.469. The molecule has 106 valence electrons. The second-order valence-corrected chi connectivity index (χ2v) is 4.86. The molecule has 0 aromatic heterocycles. The molecule has 0 bridgehead atoms. The Hall–Kier alpha value is -0.770. The second-order valence-electron chi connectivity index (χ2n) is 4.52. The van der Waals surface area contributed by atoms with Crippen LogP contribution in [0.25, 0.3) is 0 Å². The average molecular weight is 304 g/mol.